The molecule has 2 saturated heterocycles. The highest BCUT2D eigenvalue weighted by Crippen LogP contribution is 2.42. The van der Waals surface area contributed by atoms with E-state index in [1.165, 1.54) is 6.08 Å². The summed E-state index contributed by atoms with van der Waals surface area (Å²) in [5, 5.41) is 8.86. The largest absolute Gasteiger partial charge is 0.388 e. The molecule has 1 aromatic carbocycles. The zero-order valence-corrected chi connectivity index (χ0v) is 13.4. The number of benzene rings is 1. The van der Waals surface area contributed by atoms with E-state index in [0.29, 0.717) is 0 Å². The van der Waals surface area contributed by atoms with Crippen LogP contribution in [0.15, 0.2) is 30.3 Å². The third-order valence-electron chi connectivity index (χ3n) is 4.84. The van der Waals surface area contributed by atoms with Gasteiger partial charge in [0.2, 0.25) is 5.91 Å². The molecule has 5 heteroatoms. The molecule has 0 radical (unpaired) electrons. The summed E-state index contributed by atoms with van der Waals surface area (Å²) in [6, 6.07) is 7.97. The zero-order valence-electron chi connectivity index (χ0n) is 13.4. The second-order valence-corrected chi connectivity index (χ2v) is 6.37. The molecule has 0 bridgehead atoms. The summed E-state index contributed by atoms with van der Waals surface area (Å²) in [4.78, 5) is 27.1. The van der Waals surface area contributed by atoms with Crippen molar-refractivity contribution in [3.05, 3.63) is 35.9 Å². The molecular weight excluding hydrogens is 292 g/mol. The number of carbonyl (C=O) groups excluding carboxylic acids is 2. The first-order valence-electron chi connectivity index (χ1n) is 8.00. The fraction of sp³-hybridized carbons (Fsp3) is 0.444. The third-order valence-corrected chi connectivity index (χ3v) is 4.84. The number of rotatable bonds is 4. The first-order chi connectivity index (χ1) is 11.1. The van der Waals surface area contributed by atoms with Gasteiger partial charge in [0.05, 0.1) is 5.54 Å². The Morgan fingerprint density at radius 3 is 2.74 bits per heavy atom. The summed E-state index contributed by atoms with van der Waals surface area (Å²) in [5.74, 6) is -0.175. The number of likely N-dealkylation sites (tertiary alicyclic amines) is 1. The molecule has 1 N–H and O–H groups in total. The van der Waals surface area contributed by atoms with E-state index in [-0.39, 0.29) is 17.2 Å². The predicted octanol–water partition coefficient (Wildman–Crippen LogP) is 1.46. The maximum atomic E-state index is 11.5. The van der Waals surface area contributed by atoms with Gasteiger partial charge in [-0.2, -0.15) is 0 Å². The third kappa shape index (κ3) is 2.88. The standard InChI is InChI=1S/C18H22N2O3/c1-14(22)19-12-18(13-19)9-4-10-20(18)17-6-3-2-5-15(17)7-8-16(23)11-21/h2-3,5-8,21H,4,9-13H2,1H3/b8-7+. The Kier molecular flexibility index (Phi) is 4.22. The van der Waals surface area contributed by atoms with Gasteiger partial charge in [-0.15, -0.1) is 0 Å². The maximum Gasteiger partial charge on any atom is 0.219 e. The topological polar surface area (TPSA) is 60.9 Å². The van der Waals surface area contributed by atoms with Crippen molar-refractivity contribution in [2.24, 2.45) is 0 Å². The maximum absolute atomic E-state index is 11.5. The Morgan fingerprint density at radius 1 is 1.30 bits per heavy atom. The SMILES string of the molecule is CC(=O)N1CC2(CCCN2c2ccccc2/C=C/C(=O)CO)C1. The summed E-state index contributed by atoms with van der Waals surface area (Å²) >= 11 is 0. The van der Waals surface area contributed by atoms with Crippen LogP contribution in [0.5, 0.6) is 0 Å². The average molecular weight is 314 g/mol. The molecule has 0 aliphatic carbocycles. The summed E-state index contributed by atoms with van der Waals surface area (Å²) in [6.45, 7) is 3.65. The Balaban J connectivity index is 1.85. The van der Waals surface area contributed by atoms with Crippen LogP contribution in [0.2, 0.25) is 0 Å². The summed E-state index contributed by atoms with van der Waals surface area (Å²) in [7, 11) is 0. The van der Waals surface area contributed by atoms with Gasteiger partial charge in [0, 0.05) is 32.2 Å². The second kappa shape index (κ2) is 6.16. The molecule has 0 atom stereocenters. The van der Waals surface area contributed by atoms with E-state index < -0.39 is 6.61 Å². The number of ketones is 1. The Hall–Kier alpha value is -2.14. The molecule has 3 rings (SSSR count). The Morgan fingerprint density at radius 2 is 2.04 bits per heavy atom. The lowest BCUT2D eigenvalue weighted by Gasteiger charge is -2.53. The fourth-order valence-electron chi connectivity index (χ4n) is 3.64. The summed E-state index contributed by atoms with van der Waals surface area (Å²) < 4.78 is 0. The first-order valence-corrected chi connectivity index (χ1v) is 8.00. The Bertz CT molecular complexity index is 647. The van der Waals surface area contributed by atoms with Gasteiger partial charge in [-0.3, -0.25) is 9.59 Å². The molecule has 2 aliphatic heterocycles. The van der Waals surface area contributed by atoms with E-state index in [2.05, 4.69) is 11.0 Å². The minimum atomic E-state index is -0.472. The lowest BCUT2D eigenvalue weighted by atomic mass is 9.86. The molecular formula is C18H22N2O3. The number of nitrogens with zero attached hydrogens (tertiary/aromatic N) is 2. The lowest BCUT2D eigenvalue weighted by molar-refractivity contribution is -0.135. The van der Waals surface area contributed by atoms with Crippen LogP contribution in [-0.2, 0) is 9.59 Å². The van der Waals surface area contributed by atoms with Crippen LogP contribution in [0.4, 0.5) is 5.69 Å². The van der Waals surface area contributed by atoms with E-state index in [1.54, 1.807) is 13.0 Å². The van der Waals surface area contributed by atoms with Gasteiger partial charge in [-0.05, 0) is 36.6 Å². The molecule has 2 heterocycles. The van der Waals surface area contributed by atoms with Crippen molar-refractivity contribution in [2.75, 3.05) is 31.1 Å². The molecule has 23 heavy (non-hydrogen) atoms. The number of hydrogen-bond donors (Lipinski definition) is 1. The first kappa shape index (κ1) is 15.7. The number of para-hydroxylation sites is 1. The molecule has 0 aromatic heterocycles. The summed E-state index contributed by atoms with van der Waals surface area (Å²) in [5.41, 5.74) is 2.10. The van der Waals surface area contributed by atoms with Crippen LogP contribution in [0.25, 0.3) is 6.08 Å². The molecule has 1 amide bonds. The number of aliphatic hydroxyl groups is 1. The smallest absolute Gasteiger partial charge is 0.219 e. The highest BCUT2D eigenvalue weighted by molar-refractivity contribution is 5.95. The number of carbonyl (C=O) groups is 2. The van der Waals surface area contributed by atoms with Gasteiger partial charge in [-0.25, -0.2) is 0 Å². The van der Waals surface area contributed by atoms with Crippen molar-refractivity contribution in [2.45, 2.75) is 25.3 Å². The monoisotopic (exact) mass is 314 g/mol. The fourth-order valence-corrected chi connectivity index (χ4v) is 3.64. The van der Waals surface area contributed by atoms with Crippen molar-refractivity contribution in [3.63, 3.8) is 0 Å². The van der Waals surface area contributed by atoms with Crippen LogP contribution in [0, 0.1) is 0 Å². The normalized spacial score (nSPS) is 19.4. The van der Waals surface area contributed by atoms with Gasteiger partial charge in [-0.1, -0.05) is 18.2 Å². The number of amides is 1. The van der Waals surface area contributed by atoms with Crippen LogP contribution in [-0.4, -0.2) is 53.5 Å². The van der Waals surface area contributed by atoms with Gasteiger partial charge in [0.1, 0.15) is 6.61 Å². The molecule has 1 spiro atoms. The molecule has 0 unspecified atom stereocenters. The van der Waals surface area contributed by atoms with Crippen LogP contribution in [0.1, 0.15) is 25.3 Å². The second-order valence-electron chi connectivity index (χ2n) is 6.37. The molecule has 1 aromatic rings. The van der Waals surface area contributed by atoms with Crippen molar-refractivity contribution < 1.29 is 14.7 Å². The van der Waals surface area contributed by atoms with E-state index in [4.69, 9.17) is 5.11 Å². The highest BCUT2D eigenvalue weighted by Gasteiger charge is 2.51. The zero-order chi connectivity index (χ0) is 16.4. The van der Waals surface area contributed by atoms with Crippen LogP contribution in [0.3, 0.4) is 0 Å². The lowest BCUT2D eigenvalue weighted by Crippen LogP contribution is -2.69. The minimum absolute atomic E-state index is 0.0383. The summed E-state index contributed by atoms with van der Waals surface area (Å²) in [6.07, 6.45) is 5.38. The Labute approximate surface area is 136 Å². The molecule has 5 nitrogen and oxygen atoms in total. The molecule has 2 fully saturated rings. The van der Waals surface area contributed by atoms with E-state index in [9.17, 15) is 9.59 Å². The van der Waals surface area contributed by atoms with Crippen molar-refractivity contribution in [3.8, 4) is 0 Å². The number of hydrogen-bond acceptors (Lipinski definition) is 4. The van der Waals surface area contributed by atoms with E-state index in [1.807, 2.05) is 23.1 Å². The van der Waals surface area contributed by atoms with Crippen molar-refractivity contribution >= 4 is 23.5 Å². The van der Waals surface area contributed by atoms with Gasteiger partial charge < -0.3 is 14.9 Å². The van der Waals surface area contributed by atoms with Crippen molar-refractivity contribution in [1.29, 1.82) is 0 Å². The van der Waals surface area contributed by atoms with Gasteiger partial charge in [0.15, 0.2) is 5.78 Å². The number of anilines is 1. The predicted molar refractivity (Wildman–Crippen MR) is 89.1 cm³/mol. The molecule has 0 saturated carbocycles. The van der Waals surface area contributed by atoms with E-state index in [0.717, 1.165) is 43.7 Å². The molecule has 122 valence electrons. The highest BCUT2D eigenvalue weighted by atomic mass is 16.3. The van der Waals surface area contributed by atoms with E-state index >= 15 is 0 Å². The quantitative estimate of drug-likeness (QED) is 0.855. The average Bonchev–Trinajstić information content (AvgIpc) is 2.96. The van der Waals surface area contributed by atoms with Crippen LogP contribution >= 0.6 is 0 Å². The van der Waals surface area contributed by atoms with Crippen molar-refractivity contribution in [1.82, 2.24) is 4.90 Å². The van der Waals surface area contributed by atoms with Gasteiger partial charge in [0.25, 0.3) is 0 Å². The molecule has 2 aliphatic rings. The number of aliphatic hydroxyl groups excluding tert-OH is 1. The van der Waals surface area contributed by atoms with Crippen LogP contribution < -0.4 is 4.90 Å². The minimum Gasteiger partial charge on any atom is -0.388 e. The van der Waals surface area contributed by atoms with Gasteiger partial charge >= 0.3 is 0 Å².